The number of nitrogens with zero attached hydrogens (tertiary/aromatic N) is 7. The van der Waals surface area contributed by atoms with Gasteiger partial charge in [0.2, 0.25) is 0 Å². The summed E-state index contributed by atoms with van der Waals surface area (Å²) in [4.78, 5) is 27.0. The molecule has 8 aromatic rings. The van der Waals surface area contributed by atoms with Gasteiger partial charge >= 0.3 is 0 Å². The van der Waals surface area contributed by atoms with E-state index in [1.165, 1.54) is 0 Å². The largest absolute Gasteiger partial charge is 0.361 e. The van der Waals surface area contributed by atoms with Gasteiger partial charge in [0.15, 0.2) is 0 Å². The van der Waals surface area contributed by atoms with Gasteiger partial charge in [-0.05, 0) is 83.7 Å². The van der Waals surface area contributed by atoms with Crippen molar-refractivity contribution in [1.82, 2.24) is 39.0 Å². The summed E-state index contributed by atoms with van der Waals surface area (Å²) < 4.78 is 4.48. The number of H-pyrrole nitrogens is 1. The van der Waals surface area contributed by atoms with Gasteiger partial charge in [0, 0.05) is 76.4 Å². The lowest BCUT2D eigenvalue weighted by atomic mass is 10.0. The summed E-state index contributed by atoms with van der Waals surface area (Å²) in [7, 11) is 0. The van der Waals surface area contributed by atoms with Crippen LogP contribution in [-0.4, -0.2) is 39.0 Å². The summed E-state index contributed by atoms with van der Waals surface area (Å²) in [6, 6.07) is 27.3. The molecule has 8 heterocycles. The number of rotatable bonds is 3. The summed E-state index contributed by atoms with van der Waals surface area (Å²) in [6.45, 7) is 0. The predicted octanol–water partition coefficient (Wildman–Crippen LogP) is 8.11. The van der Waals surface area contributed by atoms with E-state index < -0.39 is 0 Å². The number of hydrogen-bond donors (Lipinski definition) is 1. The highest BCUT2D eigenvalue weighted by atomic mass is 15.1. The van der Waals surface area contributed by atoms with Crippen molar-refractivity contribution in [3.8, 4) is 33.8 Å². The minimum absolute atomic E-state index is 0.854. The van der Waals surface area contributed by atoms with Crippen molar-refractivity contribution in [3.05, 3.63) is 128 Å². The van der Waals surface area contributed by atoms with Crippen molar-refractivity contribution in [2.24, 2.45) is 0 Å². The van der Waals surface area contributed by atoms with Gasteiger partial charge in [-0.3, -0.25) is 24.5 Å². The van der Waals surface area contributed by atoms with E-state index in [4.69, 9.17) is 15.0 Å². The van der Waals surface area contributed by atoms with E-state index in [0.717, 1.165) is 88.5 Å². The first kappa shape index (κ1) is 24.1. The van der Waals surface area contributed by atoms with Crippen LogP contribution >= 0.6 is 0 Å². The van der Waals surface area contributed by atoms with E-state index in [-0.39, 0.29) is 0 Å². The van der Waals surface area contributed by atoms with Crippen LogP contribution in [0.25, 0.3) is 88.5 Å². The van der Waals surface area contributed by atoms with Crippen molar-refractivity contribution in [2.45, 2.75) is 0 Å². The van der Waals surface area contributed by atoms with Gasteiger partial charge in [0.1, 0.15) is 5.65 Å². The topological polar surface area (TPSA) is 90.1 Å². The van der Waals surface area contributed by atoms with Crippen LogP contribution in [0.15, 0.2) is 128 Å². The first-order valence-electron chi connectivity index (χ1n) is 14.7. The first-order valence-corrected chi connectivity index (χ1v) is 14.7. The van der Waals surface area contributed by atoms with Gasteiger partial charge < -0.3 is 9.55 Å². The highest BCUT2D eigenvalue weighted by Crippen LogP contribution is 2.45. The molecule has 1 aromatic carbocycles. The van der Waals surface area contributed by atoms with Gasteiger partial charge in [-0.1, -0.05) is 6.07 Å². The molecular weight excluding hydrogens is 556 g/mol. The van der Waals surface area contributed by atoms with Crippen molar-refractivity contribution < 1.29 is 0 Å². The summed E-state index contributed by atoms with van der Waals surface area (Å²) in [5, 5.41) is 4.31. The maximum atomic E-state index is 4.86. The number of pyridine rings is 6. The molecule has 0 amide bonds. The molecule has 0 saturated heterocycles. The molecule has 1 aliphatic carbocycles. The Bertz CT molecular complexity index is 2490. The molecule has 10 rings (SSSR count). The molecular formula is C37H22N8. The average molecular weight is 579 g/mol. The summed E-state index contributed by atoms with van der Waals surface area (Å²) in [5.41, 5.74) is 12.1. The second kappa shape index (κ2) is 9.05. The number of hydrogen-bond acceptors (Lipinski definition) is 5. The Morgan fingerprint density at radius 2 is 1.24 bits per heavy atom. The van der Waals surface area contributed by atoms with E-state index >= 15 is 0 Å². The number of benzene rings is 1. The fourth-order valence-corrected chi connectivity index (χ4v) is 7.00. The van der Waals surface area contributed by atoms with Crippen LogP contribution in [0.1, 0.15) is 0 Å². The minimum Gasteiger partial charge on any atom is -0.361 e. The van der Waals surface area contributed by atoms with E-state index in [9.17, 15) is 0 Å². The van der Waals surface area contributed by atoms with Crippen molar-refractivity contribution in [3.63, 3.8) is 0 Å². The molecule has 8 nitrogen and oxygen atoms in total. The Morgan fingerprint density at radius 3 is 2.11 bits per heavy atom. The third-order valence-corrected chi connectivity index (χ3v) is 8.80. The molecule has 0 atom stereocenters. The lowest BCUT2D eigenvalue weighted by Crippen LogP contribution is -2.01. The van der Waals surface area contributed by atoms with Crippen molar-refractivity contribution in [2.75, 3.05) is 0 Å². The maximum Gasteiger partial charge on any atom is 0.147 e. The molecule has 7 aromatic heterocycles. The van der Waals surface area contributed by atoms with Crippen LogP contribution in [-0.2, 0) is 0 Å². The highest BCUT2D eigenvalue weighted by Gasteiger charge is 2.23. The Balaban J connectivity index is 1.38. The number of fused-ring (bicyclic) bond motifs is 9. The van der Waals surface area contributed by atoms with E-state index in [1.807, 2.05) is 79.9 Å². The minimum atomic E-state index is 0.854. The van der Waals surface area contributed by atoms with Crippen molar-refractivity contribution >= 4 is 54.8 Å². The molecule has 1 aliphatic heterocycles. The van der Waals surface area contributed by atoms with Gasteiger partial charge in [-0.2, -0.15) is 0 Å². The maximum absolute atomic E-state index is 4.86. The molecule has 210 valence electrons. The second-order valence-corrected chi connectivity index (χ2v) is 11.2. The average Bonchev–Trinajstić information content (AvgIpc) is 3.74. The first-order chi connectivity index (χ1) is 22.3. The molecule has 0 fully saturated rings. The SMILES string of the molecule is c1c[nH]c2c(-c3cc(-n4c5cnccc5c5ncccc54)cc(-n4c5cccnc5c5cccnc54)c3)c3ccncc3c-2c1. The number of nitrogens with one attached hydrogen (secondary N) is 1. The zero-order valence-electron chi connectivity index (χ0n) is 23.8. The third-order valence-electron chi connectivity index (χ3n) is 8.80. The van der Waals surface area contributed by atoms with Gasteiger partial charge in [0.25, 0.3) is 0 Å². The zero-order chi connectivity index (χ0) is 29.5. The van der Waals surface area contributed by atoms with Gasteiger partial charge in [-0.25, -0.2) is 4.98 Å². The monoisotopic (exact) mass is 578 g/mol. The molecule has 1 N–H and O–H groups in total. The van der Waals surface area contributed by atoms with E-state index in [1.54, 1.807) is 0 Å². The quantitative estimate of drug-likeness (QED) is 0.229. The zero-order valence-corrected chi connectivity index (χ0v) is 23.8. The molecule has 0 saturated carbocycles. The highest BCUT2D eigenvalue weighted by molar-refractivity contribution is 6.14. The molecule has 45 heavy (non-hydrogen) atoms. The molecule has 8 heteroatoms. The molecule has 0 unspecified atom stereocenters. The predicted molar refractivity (Wildman–Crippen MR) is 178 cm³/mol. The lowest BCUT2D eigenvalue weighted by molar-refractivity contribution is 1.11. The Morgan fingerprint density at radius 1 is 0.533 bits per heavy atom. The fraction of sp³-hybridized carbons (Fsp3) is 0. The normalized spacial score (nSPS) is 12.0. The fourth-order valence-electron chi connectivity index (χ4n) is 7.00. The van der Waals surface area contributed by atoms with Crippen LogP contribution in [0.4, 0.5) is 0 Å². The van der Waals surface area contributed by atoms with E-state index in [2.05, 4.69) is 72.6 Å². The standard InChI is InChI=1S/C37H22N8/c1-5-26-29-20-38-15-9-25(29)33(36(26)42-11-1)22-17-23(44-30-7-3-12-40-34(30)27-10-16-39-21-32(27)44)19-24(18-22)45-31-8-4-13-41-35(31)28-6-2-14-43-37(28)45/h1-21,42H. The van der Waals surface area contributed by atoms with Crippen LogP contribution in [0, 0.1) is 0 Å². The number of aromatic amines is 1. The number of aromatic nitrogens is 8. The molecule has 0 bridgehead atoms. The summed E-state index contributed by atoms with van der Waals surface area (Å²) in [6.07, 6.45) is 15.1. The Labute approximate surface area is 255 Å². The van der Waals surface area contributed by atoms with Gasteiger partial charge in [-0.15, -0.1) is 0 Å². The second-order valence-electron chi connectivity index (χ2n) is 11.2. The Hall–Kier alpha value is -6.41. The third kappa shape index (κ3) is 3.33. The molecule has 0 spiro atoms. The smallest absolute Gasteiger partial charge is 0.147 e. The van der Waals surface area contributed by atoms with E-state index in [0.29, 0.717) is 0 Å². The van der Waals surface area contributed by atoms with Crippen molar-refractivity contribution in [1.29, 1.82) is 0 Å². The Kier molecular flexibility index (Phi) is 4.84. The van der Waals surface area contributed by atoms with Crippen LogP contribution < -0.4 is 0 Å². The van der Waals surface area contributed by atoms with Gasteiger partial charge in [0.05, 0.1) is 45.2 Å². The lowest BCUT2D eigenvalue weighted by Gasteiger charge is -2.16. The summed E-state index contributed by atoms with van der Waals surface area (Å²) in [5.74, 6) is 0. The van der Waals surface area contributed by atoms with Crippen LogP contribution in [0.3, 0.4) is 0 Å². The molecule has 0 radical (unpaired) electrons. The van der Waals surface area contributed by atoms with Crippen LogP contribution in [0.5, 0.6) is 0 Å². The summed E-state index contributed by atoms with van der Waals surface area (Å²) >= 11 is 0. The molecule has 2 aliphatic rings. The van der Waals surface area contributed by atoms with Crippen LogP contribution in [0.2, 0.25) is 0 Å².